The number of benzene rings is 1. The largest absolute Gasteiger partial charge is 0.355 e. The van der Waals surface area contributed by atoms with E-state index in [1.165, 1.54) is 0 Å². The van der Waals surface area contributed by atoms with Crippen LogP contribution in [0.4, 0.5) is 0 Å². The van der Waals surface area contributed by atoms with Gasteiger partial charge in [0.1, 0.15) is 0 Å². The summed E-state index contributed by atoms with van der Waals surface area (Å²) in [5.74, 6) is 0.0472. The van der Waals surface area contributed by atoms with Gasteiger partial charge >= 0.3 is 0 Å². The number of hydrogen-bond acceptors (Lipinski definition) is 4. The van der Waals surface area contributed by atoms with Gasteiger partial charge in [0.15, 0.2) is 0 Å². The number of hydrogen-bond donors (Lipinski definition) is 3. The van der Waals surface area contributed by atoms with Crippen molar-refractivity contribution >= 4 is 28.3 Å². The number of piperidine rings is 1. The van der Waals surface area contributed by atoms with Gasteiger partial charge in [-0.25, -0.2) is 13.1 Å². The Morgan fingerprint density at radius 1 is 1.17 bits per heavy atom. The molecule has 1 aromatic carbocycles. The first-order valence-corrected chi connectivity index (χ1v) is 9.02. The fourth-order valence-electron chi connectivity index (χ4n) is 2.40. The molecule has 0 atom stereocenters. The smallest absolute Gasteiger partial charge is 0.240 e. The maximum absolute atomic E-state index is 12.1. The number of sulfonamides is 1. The Morgan fingerprint density at radius 3 is 2.39 bits per heavy atom. The van der Waals surface area contributed by atoms with Crippen LogP contribution >= 0.6 is 12.4 Å². The minimum Gasteiger partial charge on any atom is -0.355 e. The van der Waals surface area contributed by atoms with Crippen molar-refractivity contribution in [2.45, 2.75) is 24.7 Å². The van der Waals surface area contributed by atoms with Gasteiger partial charge in [-0.15, -0.1) is 12.4 Å². The van der Waals surface area contributed by atoms with Crippen LogP contribution in [0.1, 0.15) is 18.4 Å². The number of aryl methyl sites for hydroxylation is 1. The zero-order valence-corrected chi connectivity index (χ0v) is 14.8. The Kier molecular flexibility index (Phi) is 7.98. The van der Waals surface area contributed by atoms with Crippen molar-refractivity contribution in [2.75, 3.05) is 26.2 Å². The maximum atomic E-state index is 12.1. The van der Waals surface area contributed by atoms with E-state index in [4.69, 9.17) is 0 Å². The van der Waals surface area contributed by atoms with E-state index >= 15 is 0 Å². The second-order valence-electron chi connectivity index (χ2n) is 5.53. The van der Waals surface area contributed by atoms with Crippen molar-refractivity contribution in [2.24, 2.45) is 5.92 Å². The molecule has 6 nitrogen and oxygen atoms in total. The summed E-state index contributed by atoms with van der Waals surface area (Å²) in [4.78, 5) is 12.2. The summed E-state index contributed by atoms with van der Waals surface area (Å²) in [6.45, 7) is 4.11. The second-order valence-corrected chi connectivity index (χ2v) is 7.29. The highest BCUT2D eigenvalue weighted by Crippen LogP contribution is 2.11. The lowest BCUT2D eigenvalue weighted by Gasteiger charge is -2.21. The van der Waals surface area contributed by atoms with E-state index in [9.17, 15) is 13.2 Å². The third-order valence-corrected chi connectivity index (χ3v) is 5.23. The first kappa shape index (κ1) is 19.9. The number of halogens is 1. The van der Waals surface area contributed by atoms with Crippen molar-refractivity contribution in [3.8, 4) is 0 Å². The fourth-order valence-corrected chi connectivity index (χ4v) is 3.43. The molecule has 0 radical (unpaired) electrons. The zero-order valence-electron chi connectivity index (χ0n) is 13.2. The lowest BCUT2D eigenvalue weighted by atomic mass is 9.97. The monoisotopic (exact) mass is 361 g/mol. The molecule has 2 rings (SSSR count). The lowest BCUT2D eigenvalue weighted by molar-refractivity contribution is -0.125. The summed E-state index contributed by atoms with van der Waals surface area (Å²) in [5.41, 5.74) is 1.01. The van der Waals surface area contributed by atoms with Crippen LogP contribution in [0.25, 0.3) is 0 Å². The van der Waals surface area contributed by atoms with Crippen LogP contribution in [0.3, 0.4) is 0 Å². The average Bonchev–Trinajstić information content (AvgIpc) is 2.52. The summed E-state index contributed by atoms with van der Waals surface area (Å²) < 4.78 is 26.6. The molecule has 0 unspecified atom stereocenters. The van der Waals surface area contributed by atoms with E-state index in [-0.39, 0.29) is 35.7 Å². The zero-order chi connectivity index (χ0) is 16.0. The molecule has 1 saturated heterocycles. The van der Waals surface area contributed by atoms with Crippen LogP contribution in [-0.2, 0) is 14.8 Å². The van der Waals surface area contributed by atoms with Crippen molar-refractivity contribution in [1.29, 1.82) is 0 Å². The van der Waals surface area contributed by atoms with Crippen molar-refractivity contribution in [3.05, 3.63) is 29.8 Å². The molecule has 1 amide bonds. The molecule has 1 heterocycles. The van der Waals surface area contributed by atoms with Crippen LogP contribution < -0.4 is 15.4 Å². The Hall–Kier alpha value is -1.15. The predicted molar refractivity (Wildman–Crippen MR) is 92.2 cm³/mol. The van der Waals surface area contributed by atoms with Gasteiger partial charge in [-0.3, -0.25) is 4.79 Å². The van der Waals surface area contributed by atoms with Gasteiger partial charge in [-0.05, 0) is 45.0 Å². The van der Waals surface area contributed by atoms with Crippen molar-refractivity contribution < 1.29 is 13.2 Å². The first-order chi connectivity index (χ1) is 10.5. The molecular formula is C15H24ClN3O3S. The first-order valence-electron chi connectivity index (χ1n) is 7.54. The molecular weight excluding hydrogens is 338 g/mol. The highest BCUT2D eigenvalue weighted by molar-refractivity contribution is 7.89. The van der Waals surface area contributed by atoms with Crippen molar-refractivity contribution in [3.63, 3.8) is 0 Å². The van der Waals surface area contributed by atoms with Gasteiger partial charge in [0.2, 0.25) is 15.9 Å². The number of carbonyl (C=O) groups excluding carboxylic acids is 1. The molecule has 1 aliphatic rings. The van der Waals surface area contributed by atoms with Gasteiger partial charge in [0.05, 0.1) is 4.90 Å². The van der Waals surface area contributed by atoms with Crippen LogP contribution in [0.5, 0.6) is 0 Å². The third-order valence-electron chi connectivity index (χ3n) is 3.76. The molecule has 23 heavy (non-hydrogen) atoms. The van der Waals surface area contributed by atoms with E-state index in [1.807, 2.05) is 6.92 Å². The van der Waals surface area contributed by atoms with E-state index < -0.39 is 10.0 Å². The molecule has 0 spiro atoms. The minimum absolute atomic E-state index is 0. The molecule has 8 heteroatoms. The van der Waals surface area contributed by atoms with Gasteiger partial charge in [-0.1, -0.05) is 17.7 Å². The van der Waals surface area contributed by atoms with Gasteiger partial charge in [-0.2, -0.15) is 0 Å². The number of nitrogens with one attached hydrogen (secondary N) is 3. The Labute approximate surface area is 143 Å². The summed E-state index contributed by atoms with van der Waals surface area (Å²) >= 11 is 0. The molecule has 0 aromatic heterocycles. The van der Waals surface area contributed by atoms with Crippen LogP contribution in [0.15, 0.2) is 29.2 Å². The van der Waals surface area contributed by atoms with Gasteiger partial charge in [0, 0.05) is 19.0 Å². The molecule has 1 aromatic rings. The maximum Gasteiger partial charge on any atom is 0.240 e. The Balaban J connectivity index is 0.00000264. The molecule has 1 aliphatic heterocycles. The summed E-state index contributed by atoms with van der Waals surface area (Å²) in [5, 5.41) is 6.00. The van der Waals surface area contributed by atoms with Crippen LogP contribution in [0.2, 0.25) is 0 Å². The van der Waals surface area contributed by atoms with Crippen LogP contribution in [0, 0.1) is 12.8 Å². The van der Waals surface area contributed by atoms with Crippen molar-refractivity contribution in [1.82, 2.24) is 15.4 Å². The molecule has 130 valence electrons. The van der Waals surface area contributed by atoms with Gasteiger partial charge < -0.3 is 10.6 Å². The third kappa shape index (κ3) is 6.10. The quantitative estimate of drug-likeness (QED) is 0.654. The number of rotatable bonds is 6. The normalized spacial score (nSPS) is 15.7. The summed E-state index contributed by atoms with van der Waals surface area (Å²) in [6.07, 6.45) is 1.67. The molecule has 1 fully saturated rings. The average molecular weight is 362 g/mol. The molecule has 0 bridgehead atoms. The SMILES string of the molecule is Cc1ccc(S(=O)(=O)NCCNC(=O)C2CCNCC2)cc1.Cl. The van der Waals surface area contributed by atoms with E-state index in [1.54, 1.807) is 24.3 Å². The number of amides is 1. The molecule has 3 N–H and O–H groups in total. The van der Waals surface area contributed by atoms with E-state index in [0.717, 1.165) is 31.5 Å². The standard InChI is InChI=1S/C15H23N3O3S.ClH/c1-12-2-4-14(5-3-12)22(20,21)18-11-10-17-15(19)13-6-8-16-9-7-13;/h2-5,13,16,18H,6-11H2,1H3,(H,17,19);1H. The fraction of sp³-hybridized carbons (Fsp3) is 0.533. The van der Waals surface area contributed by atoms with Crippen LogP contribution in [-0.4, -0.2) is 40.5 Å². The highest BCUT2D eigenvalue weighted by atomic mass is 35.5. The lowest BCUT2D eigenvalue weighted by Crippen LogP contribution is -2.41. The van der Waals surface area contributed by atoms with Gasteiger partial charge in [0.25, 0.3) is 0 Å². The summed E-state index contributed by atoms with van der Waals surface area (Å²) in [6, 6.07) is 6.66. The minimum atomic E-state index is -3.51. The predicted octanol–water partition coefficient (Wildman–Crippen LogP) is 0.811. The molecule has 0 saturated carbocycles. The van der Waals surface area contributed by atoms with E-state index in [0.29, 0.717) is 6.54 Å². The Bertz CT molecular complexity index is 599. The summed E-state index contributed by atoms with van der Waals surface area (Å²) in [7, 11) is -3.51. The highest BCUT2D eigenvalue weighted by Gasteiger charge is 2.20. The van der Waals surface area contributed by atoms with E-state index in [2.05, 4.69) is 15.4 Å². The topological polar surface area (TPSA) is 87.3 Å². The second kappa shape index (κ2) is 9.22. The molecule has 0 aliphatic carbocycles. The Morgan fingerprint density at radius 2 is 1.78 bits per heavy atom. The number of carbonyl (C=O) groups is 1.